The van der Waals surface area contributed by atoms with Gasteiger partial charge >= 0.3 is 0 Å². The Morgan fingerprint density at radius 3 is 2.64 bits per heavy atom. The van der Waals surface area contributed by atoms with Crippen molar-refractivity contribution in [3.63, 3.8) is 0 Å². The molecule has 1 aliphatic rings. The third-order valence-electron chi connectivity index (χ3n) is 6.82. The van der Waals surface area contributed by atoms with Gasteiger partial charge in [-0.05, 0) is 69.0 Å². The van der Waals surface area contributed by atoms with Gasteiger partial charge in [-0.3, -0.25) is 4.72 Å². The number of piperidine rings is 1. The van der Waals surface area contributed by atoms with E-state index in [1.54, 1.807) is 12.4 Å². The molecule has 0 aliphatic carbocycles. The van der Waals surface area contributed by atoms with Crippen LogP contribution in [0.15, 0.2) is 54.9 Å². The fourth-order valence-corrected chi connectivity index (χ4v) is 6.06. The Bertz CT molecular complexity index is 1590. The zero-order valence-electron chi connectivity index (χ0n) is 22.5. The number of aromatic nitrogens is 3. The van der Waals surface area contributed by atoms with Crippen molar-refractivity contribution in [3.8, 4) is 22.9 Å². The van der Waals surface area contributed by atoms with Crippen molar-refractivity contribution in [2.75, 3.05) is 28.9 Å². The first kappa shape index (κ1) is 26.8. The molecule has 3 heterocycles. The van der Waals surface area contributed by atoms with Crippen molar-refractivity contribution < 1.29 is 13.2 Å². The third-order valence-corrected chi connectivity index (χ3v) is 8.28. The van der Waals surface area contributed by atoms with Crippen LogP contribution < -0.4 is 20.1 Å². The van der Waals surface area contributed by atoms with Crippen molar-refractivity contribution in [1.82, 2.24) is 20.3 Å². The number of aryl methyl sites for hydroxylation is 2. The average molecular weight is 547 g/mol. The molecule has 1 fully saturated rings. The summed E-state index contributed by atoms with van der Waals surface area (Å²) < 4.78 is 34.5. The van der Waals surface area contributed by atoms with Crippen LogP contribution in [0.4, 0.5) is 11.6 Å². The molecule has 5 rings (SSSR count). The number of hydrogen-bond acceptors (Lipinski definition) is 8. The predicted molar refractivity (Wildman–Crippen MR) is 156 cm³/mol. The summed E-state index contributed by atoms with van der Waals surface area (Å²) in [6.07, 6.45) is 6.13. The van der Waals surface area contributed by atoms with Gasteiger partial charge < -0.3 is 15.4 Å². The molecule has 204 valence electrons. The quantitative estimate of drug-likeness (QED) is 0.255. The molecular weight excluding hydrogens is 512 g/mol. The third kappa shape index (κ3) is 6.12. The number of ether oxygens (including phenoxy) is 1. The molecule has 0 radical (unpaired) electrons. The number of fused-ring (bicyclic) bond motifs is 1. The van der Waals surface area contributed by atoms with Gasteiger partial charge in [0.1, 0.15) is 5.75 Å². The monoisotopic (exact) mass is 546 g/mol. The van der Waals surface area contributed by atoms with E-state index in [1.807, 2.05) is 63.2 Å². The van der Waals surface area contributed by atoms with Gasteiger partial charge in [-0.15, -0.1) is 0 Å². The molecule has 9 nitrogen and oxygen atoms in total. The van der Waals surface area contributed by atoms with Crippen LogP contribution in [0.1, 0.15) is 37.3 Å². The highest BCUT2D eigenvalue weighted by molar-refractivity contribution is 7.92. The Hall–Kier alpha value is -3.76. The second-order valence-corrected chi connectivity index (χ2v) is 11.7. The summed E-state index contributed by atoms with van der Waals surface area (Å²) in [7, 11) is -3.47. The lowest BCUT2D eigenvalue weighted by atomic mass is 10.0. The maximum Gasteiger partial charge on any atom is 0.232 e. The zero-order chi connectivity index (χ0) is 27.4. The van der Waals surface area contributed by atoms with Crippen LogP contribution in [0.3, 0.4) is 0 Å². The number of nitrogens with one attached hydrogen (secondary N) is 3. The van der Waals surface area contributed by atoms with E-state index < -0.39 is 10.0 Å². The van der Waals surface area contributed by atoms with Gasteiger partial charge in [-0.25, -0.2) is 23.4 Å². The number of anilines is 2. The molecule has 1 unspecified atom stereocenters. The van der Waals surface area contributed by atoms with E-state index in [2.05, 4.69) is 25.3 Å². The molecule has 39 heavy (non-hydrogen) atoms. The van der Waals surface area contributed by atoms with Crippen LogP contribution in [0.5, 0.6) is 11.6 Å². The number of hydrogen-bond donors (Lipinski definition) is 3. The van der Waals surface area contributed by atoms with E-state index in [4.69, 9.17) is 9.72 Å². The molecule has 0 bridgehead atoms. The first-order valence-corrected chi connectivity index (χ1v) is 15.0. The summed E-state index contributed by atoms with van der Waals surface area (Å²) in [5.41, 5.74) is 3.74. The second kappa shape index (κ2) is 11.5. The van der Waals surface area contributed by atoms with E-state index in [1.165, 1.54) is 0 Å². The van der Waals surface area contributed by atoms with Crippen LogP contribution in [0.25, 0.3) is 22.0 Å². The molecule has 0 spiro atoms. The molecule has 1 aliphatic heterocycles. The summed E-state index contributed by atoms with van der Waals surface area (Å²) in [5, 5.41) is 8.39. The number of pyridine rings is 1. The molecule has 10 heteroatoms. The van der Waals surface area contributed by atoms with Crippen molar-refractivity contribution in [3.05, 3.63) is 66.0 Å². The molecule has 4 aromatic rings. The number of sulfonamides is 1. The number of benzene rings is 2. The van der Waals surface area contributed by atoms with Gasteiger partial charge in [0.05, 0.1) is 22.7 Å². The van der Waals surface area contributed by atoms with E-state index >= 15 is 0 Å². The van der Waals surface area contributed by atoms with Crippen LogP contribution in [0, 0.1) is 13.8 Å². The van der Waals surface area contributed by atoms with Crippen LogP contribution in [-0.4, -0.2) is 48.3 Å². The van der Waals surface area contributed by atoms with E-state index in [-0.39, 0.29) is 11.8 Å². The summed E-state index contributed by atoms with van der Waals surface area (Å²) in [4.78, 5) is 13.7. The highest BCUT2D eigenvalue weighted by Gasteiger charge is 2.19. The normalized spacial score (nSPS) is 15.7. The fourth-order valence-electron chi connectivity index (χ4n) is 4.84. The number of nitrogens with zero attached hydrogens (tertiary/aromatic N) is 3. The molecule has 2 aromatic heterocycles. The minimum absolute atomic E-state index is 0.0579. The Morgan fingerprint density at radius 2 is 1.85 bits per heavy atom. The molecule has 0 amide bonds. The summed E-state index contributed by atoms with van der Waals surface area (Å²) in [6.45, 7) is 7.62. The van der Waals surface area contributed by atoms with Crippen LogP contribution >= 0.6 is 0 Å². The Morgan fingerprint density at radius 1 is 1.03 bits per heavy atom. The Kier molecular flexibility index (Phi) is 7.94. The molecule has 2 aromatic carbocycles. The largest absolute Gasteiger partial charge is 0.437 e. The first-order valence-electron chi connectivity index (χ1n) is 13.3. The Labute approximate surface area is 229 Å². The minimum Gasteiger partial charge on any atom is -0.437 e. The van der Waals surface area contributed by atoms with Crippen molar-refractivity contribution in [1.29, 1.82) is 0 Å². The van der Waals surface area contributed by atoms with Gasteiger partial charge in [-0.1, -0.05) is 31.2 Å². The number of rotatable bonds is 9. The van der Waals surface area contributed by atoms with Gasteiger partial charge in [-0.2, -0.15) is 0 Å². The van der Waals surface area contributed by atoms with Crippen molar-refractivity contribution >= 4 is 32.4 Å². The first-order chi connectivity index (χ1) is 18.8. The summed E-state index contributed by atoms with van der Waals surface area (Å²) in [5.74, 6) is 1.65. The van der Waals surface area contributed by atoms with E-state index in [9.17, 15) is 8.42 Å². The summed E-state index contributed by atoms with van der Waals surface area (Å²) >= 11 is 0. The molecular formula is C29H34N6O3S. The van der Waals surface area contributed by atoms with Gasteiger partial charge in [0, 0.05) is 35.8 Å². The standard InChI is InChI=1S/C29H34N6O3S/c1-4-17-39(36,37)35-26-19(2)9-12-23-22(26)11-10-20(3)27(23)38-28-24(8-6-15-31-28)25-13-16-32-29(34-25)33-21-7-5-14-30-18-21/h6,8-13,15-16,21,30,35H,4-5,7,14,17-18H2,1-3H3,(H,32,33,34). The maximum absolute atomic E-state index is 12.6. The fraction of sp³-hybridized carbons (Fsp3) is 0.345. The smallest absolute Gasteiger partial charge is 0.232 e. The molecule has 3 N–H and O–H groups in total. The average Bonchev–Trinajstić information content (AvgIpc) is 2.92. The van der Waals surface area contributed by atoms with Gasteiger partial charge in [0.25, 0.3) is 0 Å². The van der Waals surface area contributed by atoms with Crippen LogP contribution in [0.2, 0.25) is 0 Å². The Balaban J connectivity index is 1.51. The predicted octanol–water partition coefficient (Wildman–Crippen LogP) is 5.42. The van der Waals surface area contributed by atoms with E-state index in [0.29, 0.717) is 35.4 Å². The zero-order valence-corrected chi connectivity index (χ0v) is 23.3. The van der Waals surface area contributed by atoms with Crippen molar-refractivity contribution in [2.24, 2.45) is 0 Å². The SMILES string of the molecule is CCCS(=O)(=O)Nc1c(C)ccc2c(Oc3ncccc3-c3ccnc(NC4CCCNC4)n3)c(C)ccc12. The lowest BCUT2D eigenvalue weighted by Crippen LogP contribution is -2.38. The highest BCUT2D eigenvalue weighted by atomic mass is 32.2. The van der Waals surface area contributed by atoms with E-state index in [0.717, 1.165) is 53.4 Å². The van der Waals surface area contributed by atoms with Crippen molar-refractivity contribution in [2.45, 2.75) is 46.1 Å². The molecule has 0 saturated carbocycles. The van der Waals surface area contributed by atoms with Crippen LogP contribution in [-0.2, 0) is 10.0 Å². The topological polar surface area (TPSA) is 118 Å². The second-order valence-electron chi connectivity index (χ2n) is 9.90. The minimum atomic E-state index is -3.47. The maximum atomic E-state index is 12.6. The van der Waals surface area contributed by atoms with Gasteiger partial charge in [0.15, 0.2) is 0 Å². The summed E-state index contributed by atoms with van der Waals surface area (Å²) in [6, 6.07) is 13.6. The highest BCUT2D eigenvalue weighted by Crippen LogP contribution is 2.40. The lowest BCUT2D eigenvalue weighted by molar-refractivity contribution is 0.466. The molecule has 1 atom stereocenters. The van der Waals surface area contributed by atoms with Gasteiger partial charge in [0.2, 0.25) is 21.9 Å². The lowest BCUT2D eigenvalue weighted by Gasteiger charge is -2.23. The molecule has 1 saturated heterocycles.